The van der Waals surface area contributed by atoms with Gasteiger partial charge < -0.3 is 4.55 Å². The van der Waals surface area contributed by atoms with E-state index in [1.54, 1.807) is 12.3 Å². The second kappa shape index (κ2) is 4.28. The van der Waals surface area contributed by atoms with Crippen molar-refractivity contribution in [1.82, 2.24) is 9.97 Å². The maximum Gasteiger partial charge on any atom is 0.224 e. The SMILES string of the molecule is C[S+]([O-])Cc1cc(Cl)nc(Cl)n1. The van der Waals surface area contributed by atoms with Crippen molar-refractivity contribution in [2.45, 2.75) is 5.75 Å². The third-order valence-corrected chi connectivity index (χ3v) is 2.14. The molecule has 3 nitrogen and oxygen atoms in total. The maximum atomic E-state index is 10.8. The fourth-order valence-electron chi connectivity index (χ4n) is 0.716. The Balaban J connectivity index is 2.85. The number of hydrogen-bond acceptors (Lipinski definition) is 3. The first-order valence-electron chi connectivity index (χ1n) is 3.07. The van der Waals surface area contributed by atoms with Crippen LogP contribution in [-0.2, 0) is 16.9 Å². The van der Waals surface area contributed by atoms with Crippen LogP contribution in [0.3, 0.4) is 0 Å². The lowest BCUT2D eigenvalue weighted by Crippen LogP contribution is -2.03. The average Bonchev–Trinajstić information content (AvgIpc) is 1.81. The van der Waals surface area contributed by atoms with Crippen molar-refractivity contribution in [3.05, 3.63) is 22.2 Å². The van der Waals surface area contributed by atoms with Crippen LogP contribution in [0.4, 0.5) is 0 Å². The van der Waals surface area contributed by atoms with E-state index in [0.29, 0.717) is 11.4 Å². The molecule has 1 atom stereocenters. The summed E-state index contributed by atoms with van der Waals surface area (Å²) in [7, 11) is 0. The summed E-state index contributed by atoms with van der Waals surface area (Å²) in [6.45, 7) is 0. The number of hydrogen-bond donors (Lipinski definition) is 0. The summed E-state index contributed by atoms with van der Waals surface area (Å²) in [5.41, 5.74) is 0.598. The molecule has 0 saturated carbocycles. The molecular weight excluding hydrogens is 219 g/mol. The molecule has 0 aliphatic carbocycles. The van der Waals surface area contributed by atoms with Crippen LogP contribution in [0.1, 0.15) is 5.69 Å². The molecule has 0 aliphatic rings. The molecule has 1 aromatic heterocycles. The first-order chi connectivity index (χ1) is 5.58. The van der Waals surface area contributed by atoms with Gasteiger partial charge in [-0.2, -0.15) is 0 Å². The van der Waals surface area contributed by atoms with Crippen LogP contribution in [0.15, 0.2) is 6.07 Å². The van der Waals surface area contributed by atoms with Gasteiger partial charge in [0.2, 0.25) is 5.28 Å². The predicted octanol–water partition coefficient (Wildman–Crippen LogP) is 1.66. The summed E-state index contributed by atoms with van der Waals surface area (Å²) < 4.78 is 10.8. The molecule has 1 heterocycles. The first-order valence-corrected chi connectivity index (χ1v) is 5.55. The normalized spacial score (nSPS) is 13.0. The van der Waals surface area contributed by atoms with E-state index in [1.807, 2.05) is 0 Å². The summed E-state index contributed by atoms with van der Waals surface area (Å²) in [6, 6.07) is 1.55. The Morgan fingerprint density at radius 3 is 2.67 bits per heavy atom. The lowest BCUT2D eigenvalue weighted by Gasteiger charge is -2.03. The molecule has 1 aromatic rings. The Morgan fingerprint density at radius 1 is 1.50 bits per heavy atom. The molecule has 0 aliphatic heterocycles. The molecule has 0 saturated heterocycles. The third-order valence-electron chi connectivity index (χ3n) is 1.07. The number of rotatable bonds is 2. The Labute approximate surface area is 83.3 Å². The van der Waals surface area contributed by atoms with Gasteiger partial charge in [0.25, 0.3) is 0 Å². The van der Waals surface area contributed by atoms with Gasteiger partial charge in [-0.15, -0.1) is 0 Å². The lowest BCUT2D eigenvalue weighted by atomic mass is 10.5. The molecule has 1 unspecified atom stereocenters. The van der Waals surface area contributed by atoms with Gasteiger partial charge in [-0.3, -0.25) is 0 Å². The molecule has 12 heavy (non-hydrogen) atoms. The van der Waals surface area contributed by atoms with Gasteiger partial charge in [-0.25, -0.2) is 9.97 Å². The summed E-state index contributed by atoms with van der Waals surface area (Å²) in [6.07, 6.45) is 1.59. The zero-order chi connectivity index (χ0) is 9.14. The highest BCUT2D eigenvalue weighted by molar-refractivity contribution is 7.89. The minimum absolute atomic E-state index is 0.0861. The fourth-order valence-corrected chi connectivity index (χ4v) is 1.73. The Hall–Kier alpha value is -0.0300. The smallest absolute Gasteiger partial charge is 0.224 e. The minimum Gasteiger partial charge on any atom is -0.616 e. The van der Waals surface area contributed by atoms with Gasteiger partial charge in [0, 0.05) is 6.07 Å². The van der Waals surface area contributed by atoms with Gasteiger partial charge in [0.15, 0.2) is 0 Å². The largest absolute Gasteiger partial charge is 0.616 e. The van der Waals surface area contributed by atoms with Crippen molar-refractivity contribution in [2.75, 3.05) is 6.26 Å². The van der Waals surface area contributed by atoms with Crippen molar-refractivity contribution < 1.29 is 4.55 Å². The molecule has 0 amide bonds. The van der Waals surface area contributed by atoms with Crippen molar-refractivity contribution in [1.29, 1.82) is 0 Å². The summed E-state index contributed by atoms with van der Waals surface area (Å²) in [5, 5.41) is 0.360. The molecule has 0 aromatic carbocycles. The van der Waals surface area contributed by atoms with E-state index in [9.17, 15) is 4.55 Å². The predicted molar refractivity (Wildman–Crippen MR) is 49.8 cm³/mol. The van der Waals surface area contributed by atoms with Crippen molar-refractivity contribution >= 4 is 34.4 Å². The number of halogens is 2. The number of nitrogens with zero attached hydrogens (tertiary/aromatic N) is 2. The monoisotopic (exact) mass is 224 g/mol. The van der Waals surface area contributed by atoms with Gasteiger partial charge in [0.1, 0.15) is 10.9 Å². The molecular formula is C6H6Cl2N2OS. The van der Waals surface area contributed by atoms with Crippen LogP contribution in [-0.4, -0.2) is 20.8 Å². The topological polar surface area (TPSA) is 48.8 Å². The summed E-state index contributed by atoms with van der Waals surface area (Å²) in [4.78, 5) is 7.51. The van der Waals surface area contributed by atoms with Crippen LogP contribution in [0.5, 0.6) is 0 Å². The maximum absolute atomic E-state index is 10.8. The van der Waals surface area contributed by atoms with E-state index in [0.717, 1.165) is 0 Å². The summed E-state index contributed by atoms with van der Waals surface area (Å²) >= 11 is 10.2. The second-order valence-corrected chi connectivity index (χ2v) is 4.33. The highest BCUT2D eigenvalue weighted by Crippen LogP contribution is 2.12. The minimum atomic E-state index is -0.941. The molecule has 0 N–H and O–H groups in total. The van der Waals surface area contributed by atoms with E-state index in [-0.39, 0.29) is 10.4 Å². The molecule has 6 heteroatoms. The zero-order valence-electron chi connectivity index (χ0n) is 6.25. The molecule has 1 rings (SSSR count). The molecule has 0 fully saturated rings. The van der Waals surface area contributed by atoms with Crippen molar-refractivity contribution in [3.63, 3.8) is 0 Å². The van der Waals surface area contributed by atoms with E-state index < -0.39 is 11.2 Å². The lowest BCUT2D eigenvalue weighted by molar-refractivity contribution is 0.599. The summed E-state index contributed by atoms with van der Waals surface area (Å²) in [5.74, 6) is 0.349. The first kappa shape index (κ1) is 10.1. The fraction of sp³-hybridized carbons (Fsp3) is 0.333. The van der Waals surface area contributed by atoms with Crippen LogP contribution < -0.4 is 0 Å². The van der Waals surface area contributed by atoms with Gasteiger partial charge >= 0.3 is 0 Å². The Kier molecular flexibility index (Phi) is 3.58. The van der Waals surface area contributed by atoms with Gasteiger partial charge in [-0.05, 0) is 11.6 Å². The van der Waals surface area contributed by atoms with E-state index in [1.165, 1.54) is 0 Å². The van der Waals surface area contributed by atoms with Gasteiger partial charge in [0.05, 0.1) is 11.9 Å². The van der Waals surface area contributed by atoms with Crippen LogP contribution >= 0.6 is 23.2 Å². The highest BCUT2D eigenvalue weighted by atomic mass is 35.5. The van der Waals surface area contributed by atoms with E-state index in [2.05, 4.69) is 9.97 Å². The molecule has 0 spiro atoms. The Bertz CT molecular complexity index is 262. The van der Waals surface area contributed by atoms with Gasteiger partial charge in [-0.1, -0.05) is 22.8 Å². The van der Waals surface area contributed by atoms with Crippen molar-refractivity contribution in [3.8, 4) is 0 Å². The van der Waals surface area contributed by atoms with Crippen LogP contribution in [0, 0.1) is 0 Å². The second-order valence-electron chi connectivity index (χ2n) is 2.17. The standard InChI is InChI=1S/C6H6Cl2N2OS/c1-12(11)3-4-2-5(7)10-6(8)9-4/h2H,3H2,1H3. The van der Waals surface area contributed by atoms with E-state index >= 15 is 0 Å². The number of aromatic nitrogens is 2. The van der Waals surface area contributed by atoms with Crippen LogP contribution in [0.25, 0.3) is 0 Å². The Morgan fingerprint density at radius 2 is 2.17 bits per heavy atom. The van der Waals surface area contributed by atoms with E-state index in [4.69, 9.17) is 23.2 Å². The highest BCUT2D eigenvalue weighted by Gasteiger charge is 2.05. The quantitative estimate of drug-likeness (QED) is 0.437. The van der Waals surface area contributed by atoms with Crippen molar-refractivity contribution in [2.24, 2.45) is 0 Å². The molecule has 0 radical (unpaired) electrons. The molecule has 0 bridgehead atoms. The third kappa shape index (κ3) is 3.15. The average molecular weight is 225 g/mol. The zero-order valence-corrected chi connectivity index (χ0v) is 8.58. The molecule has 66 valence electrons. The van der Waals surface area contributed by atoms with Crippen LogP contribution in [0.2, 0.25) is 10.4 Å².